The van der Waals surface area contributed by atoms with Gasteiger partial charge in [0.25, 0.3) is 0 Å². The van der Waals surface area contributed by atoms with Crippen LogP contribution >= 0.6 is 0 Å². The number of amides is 2. The van der Waals surface area contributed by atoms with Crippen molar-refractivity contribution in [2.75, 3.05) is 32.8 Å². The fraction of sp³-hybridized carbons (Fsp3) is 0.962. The summed E-state index contributed by atoms with van der Waals surface area (Å²) in [6.07, 6.45) is -10.5. The number of nitrogens with two attached hydrogens (primary N) is 5. The third kappa shape index (κ3) is 8.57. The molecule has 0 bridgehead atoms. The van der Waals surface area contributed by atoms with Crippen LogP contribution in [0.15, 0.2) is 0 Å². The van der Waals surface area contributed by atoms with Crippen LogP contribution in [0.2, 0.25) is 0 Å². The third-order valence-corrected chi connectivity index (χ3v) is 9.16. The Morgan fingerprint density at radius 3 is 2.16 bits per heavy atom. The Morgan fingerprint density at radius 2 is 1.53 bits per heavy atom. The lowest BCUT2D eigenvalue weighted by Crippen LogP contribution is -2.69. The zero-order valence-electron chi connectivity index (χ0n) is 25.2. The molecule has 2 aliphatic carbocycles. The molecular weight excluding hydrogens is 600 g/mol. The van der Waals surface area contributed by atoms with E-state index in [0.717, 1.165) is 12.8 Å². The minimum Gasteiger partial charge on any atom is -0.394 e. The number of hydrogen-bond donors (Lipinski definition) is 13. The molecule has 19 heteroatoms. The fourth-order valence-corrected chi connectivity index (χ4v) is 6.40. The van der Waals surface area contributed by atoms with Crippen molar-refractivity contribution in [3.63, 3.8) is 0 Å². The topological polar surface area (TPSA) is 333 Å². The first-order valence-electron chi connectivity index (χ1n) is 15.5. The highest BCUT2D eigenvalue weighted by Crippen LogP contribution is 2.32. The zero-order valence-corrected chi connectivity index (χ0v) is 25.2. The van der Waals surface area contributed by atoms with Gasteiger partial charge in [-0.15, -0.1) is 0 Å². The molecule has 0 aromatic heterocycles. The summed E-state index contributed by atoms with van der Waals surface area (Å²) in [5, 5.41) is 69.2. The molecule has 0 radical (unpaired) electrons. The average molecular weight is 653 g/mol. The van der Waals surface area contributed by atoms with Crippen molar-refractivity contribution in [1.82, 2.24) is 15.7 Å². The molecule has 2 aliphatic heterocycles. The van der Waals surface area contributed by atoms with Crippen LogP contribution in [0.4, 0.5) is 4.79 Å². The highest BCUT2D eigenvalue weighted by molar-refractivity contribution is 5.73. The first-order chi connectivity index (χ1) is 21.4. The van der Waals surface area contributed by atoms with Gasteiger partial charge in [-0.1, -0.05) is 0 Å². The van der Waals surface area contributed by atoms with E-state index in [0.29, 0.717) is 17.5 Å². The molecule has 0 spiro atoms. The van der Waals surface area contributed by atoms with E-state index >= 15 is 0 Å². The van der Waals surface area contributed by atoms with E-state index in [9.17, 15) is 35.5 Å². The maximum Gasteiger partial charge on any atom is 0.341 e. The molecule has 0 aromatic rings. The van der Waals surface area contributed by atoms with Gasteiger partial charge in [0.1, 0.15) is 36.6 Å². The third-order valence-electron chi connectivity index (χ3n) is 9.16. The van der Waals surface area contributed by atoms with Crippen LogP contribution in [0.3, 0.4) is 0 Å². The van der Waals surface area contributed by atoms with Gasteiger partial charge < -0.3 is 83.8 Å². The average Bonchev–Trinajstić information content (AvgIpc) is 2.99. The summed E-state index contributed by atoms with van der Waals surface area (Å²) < 4.78 is 23.9. The monoisotopic (exact) mass is 652 g/mol. The van der Waals surface area contributed by atoms with Gasteiger partial charge in [0.2, 0.25) is 0 Å². The Bertz CT molecular complexity index is 939. The normalized spacial score (nSPS) is 45.5. The molecule has 4 fully saturated rings. The second-order valence-electron chi connectivity index (χ2n) is 12.5. The predicted molar refractivity (Wildman–Crippen MR) is 155 cm³/mol. The zero-order chi connectivity index (χ0) is 33.0. The Balaban J connectivity index is 1.54. The fourth-order valence-electron chi connectivity index (χ4n) is 6.40. The van der Waals surface area contributed by atoms with Crippen LogP contribution in [-0.4, -0.2) is 166 Å². The van der Waals surface area contributed by atoms with Crippen molar-refractivity contribution in [3.8, 4) is 0 Å². The van der Waals surface area contributed by atoms with E-state index in [1.165, 1.54) is 0 Å². The largest absolute Gasteiger partial charge is 0.394 e. The Labute approximate surface area is 261 Å². The van der Waals surface area contributed by atoms with Crippen molar-refractivity contribution in [1.29, 1.82) is 0 Å². The summed E-state index contributed by atoms with van der Waals surface area (Å²) in [5.74, 6) is 0.356. The number of carbonyl (C=O) groups excluding carboxylic acids is 1. The smallest absolute Gasteiger partial charge is 0.341 e. The van der Waals surface area contributed by atoms with Crippen molar-refractivity contribution in [2.45, 2.75) is 117 Å². The molecule has 18 N–H and O–H groups in total. The predicted octanol–water partition coefficient (Wildman–Crippen LogP) is -6.53. The lowest BCUT2D eigenvalue weighted by molar-refractivity contribution is -0.316. The second-order valence-corrected chi connectivity index (χ2v) is 12.5. The van der Waals surface area contributed by atoms with Crippen molar-refractivity contribution >= 4 is 6.03 Å². The quantitative estimate of drug-likeness (QED) is 0.0688. The van der Waals surface area contributed by atoms with E-state index in [2.05, 4.69) is 10.6 Å². The maximum absolute atomic E-state index is 12.7. The highest BCUT2D eigenvalue weighted by atomic mass is 16.7. The van der Waals surface area contributed by atoms with E-state index < -0.39 is 98.2 Å². The molecule has 2 heterocycles. The van der Waals surface area contributed by atoms with Gasteiger partial charge in [-0.3, -0.25) is 5.21 Å². The van der Waals surface area contributed by atoms with Crippen molar-refractivity contribution in [3.05, 3.63) is 0 Å². The lowest BCUT2D eigenvalue weighted by Gasteiger charge is -2.49. The SMILES string of the molecule is NCCN(O)C(=O)N[C@@H]1C[C@H](N)C(O[C@H]2O[C@H](CN)[C@@H](O)C[C@H]2NCC2CC(N)C2)[C@H](O)[C@H]1O[C@H]1O[C@H](CO)[C@@H](O)[C@H](N)[C@H]1O. The molecule has 2 amide bonds. The number of urea groups is 1. The summed E-state index contributed by atoms with van der Waals surface area (Å²) in [6, 6.07) is -4.51. The number of ether oxygens (including phenoxy) is 4. The summed E-state index contributed by atoms with van der Waals surface area (Å²) in [7, 11) is 0. The molecule has 2 saturated carbocycles. The number of carbonyl (C=O) groups is 1. The first-order valence-corrected chi connectivity index (χ1v) is 15.5. The number of rotatable bonds is 12. The molecular formula is C26H52N8O11. The molecule has 0 aromatic carbocycles. The number of aliphatic hydroxyl groups excluding tert-OH is 5. The molecule has 4 aliphatic rings. The minimum atomic E-state index is -1.59. The lowest BCUT2D eigenvalue weighted by atomic mass is 9.80. The van der Waals surface area contributed by atoms with Crippen LogP contribution in [0.1, 0.15) is 25.7 Å². The maximum atomic E-state index is 12.7. The Kier molecular flexibility index (Phi) is 13.1. The summed E-state index contributed by atoms with van der Waals surface area (Å²) in [5.41, 5.74) is 29.6. The van der Waals surface area contributed by atoms with E-state index in [1.807, 2.05) is 0 Å². The van der Waals surface area contributed by atoms with E-state index in [4.69, 9.17) is 47.6 Å². The van der Waals surface area contributed by atoms with Crippen LogP contribution in [-0.2, 0) is 18.9 Å². The van der Waals surface area contributed by atoms with Gasteiger partial charge in [0.15, 0.2) is 12.6 Å². The Morgan fingerprint density at radius 1 is 0.867 bits per heavy atom. The summed E-state index contributed by atoms with van der Waals surface area (Å²) in [4.78, 5) is 12.7. The van der Waals surface area contributed by atoms with Crippen molar-refractivity contribution < 1.29 is 54.5 Å². The number of aliphatic hydroxyl groups is 5. The second kappa shape index (κ2) is 16.2. The van der Waals surface area contributed by atoms with E-state index in [1.54, 1.807) is 0 Å². The van der Waals surface area contributed by atoms with Gasteiger partial charge >= 0.3 is 6.03 Å². The minimum absolute atomic E-state index is 0.0137. The van der Waals surface area contributed by atoms with Crippen LogP contribution in [0.25, 0.3) is 0 Å². The molecule has 262 valence electrons. The molecule has 1 unspecified atom stereocenters. The molecule has 14 atom stereocenters. The van der Waals surface area contributed by atoms with Gasteiger partial charge in [-0.2, -0.15) is 0 Å². The summed E-state index contributed by atoms with van der Waals surface area (Å²) >= 11 is 0. The number of nitrogens with one attached hydrogen (secondary N) is 2. The molecule has 2 saturated heterocycles. The van der Waals surface area contributed by atoms with Gasteiger partial charge in [0.05, 0.1) is 43.5 Å². The van der Waals surface area contributed by atoms with Crippen LogP contribution in [0, 0.1) is 5.92 Å². The van der Waals surface area contributed by atoms with Gasteiger partial charge in [0, 0.05) is 25.2 Å². The Hall–Kier alpha value is -1.37. The van der Waals surface area contributed by atoms with Gasteiger partial charge in [-0.05, 0) is 38.1 Å². The van der Waals surface area contributed by atoms with Crippen LogP contribution < -0.4 is 39.3 Å². The first kappa shape index (κ1) is 36.5. The summed E-state index contributed by atoms with van der Waals surface area (Å²) in [6.45, 7) is -0.233. The van der Waals surface area contributed by atoms with Gasteiger partial charge in [-0.25, -0.2) is 9.86 Å². The van der Waals surface area contributed by atoms with E-state index in [-0.39, 0.29) is 38.5 Å². The number of hydrogen-bond acceptors (Lipinski definition) is 17. The van der Waals surface area contributed by atoms with Crippen molar-refractivity contribution in [2.24, 2.45) is 34.6 Å². The number of nitrogens with zero attached hydrogens (tertiary/aromatic N) is 1. The molecule has 19 nitrogen and oxygen atoms in total. The molecule has 45 heavy (non-hydrogen) atoms. The van der Waals surface area contributed by atoms with Crippen LogP contribution in [0.5, 0.6) is 0 Å². The molecule has 4 rings (SSSR count). The number of hydroxylamine groups is 2. The highest BCUT2D eigenvalue weighted by Gasteiger charge is 2.51. The standard InChI is InChI=1S/C26H52N8O11/c27-1-2-34(41)26(40)33-13-5-12(30)22(21(39)23(13)45-25-20(38)18(31)19(37)17(9-35)43-25)44-24-14(6-15(36)16(7-28)42-24)32-8-10-3-11(29)4-10/h10-25,32,35-39,41H,1-9,27-31H2,(H,33,40)/t10?,11?,12-,13+,14+,15-,16+,17+,18-,19+,20+,21-,22?,23-,24+,25+/m0/s1.